The number of rotatable bonds is 3. The standard InChI is InChI=1S/C6H10NO4P/c8-12(9,10)11-6-7-4-2-1-3-5-7/h1-4H,5-6H2,(H2,8,9,10). The molecular weight excluding hydrogens is 181 g/mol. The lowest BCUT2D eigenvalue weighted by Gasteiger charge is -2.19. The van der Waals surface area contributed by atoms with E-state index in [1.807, 2.05) is 12.2 Å². The molecular formula is C6H10NO4P. The molecule has 0 fully saturated rings. The summed E-state index contributed by atoms with van der Waals surface area (Å²) in [5, 5.41) is 0. The van der Waals surface area contributed by atoms with Gasteiger partial charge in [0.15, 0.2) is 0 Å². The van der Waals surface area contributed by atoms with Crippen LogP contribution in [0.3, 0.4) is 0 Å². The van der Waals surface area contributed by atoms with Gasteiger partial charge in [0.05, 0.1) is 0 Å². The highest BCUT2D eigenvalue weighted by molar-refractivity contribution is 7.46. The summed E-state index contributed by atoms with van der Waals surface area (Å²) in [6.07, 6.45) is 7.19. The average Bonchev–Trinajstić information content (AvgIpc) is 2.02. The average molecular weight is 191 g/mol. The van der Waals surface area contributed by atoms with Gasteiger partial charge in [-0.2, -0.15) is 0 Å². The summed E-state index contributed by atoms with van der Waals surface area (Å²) in [5.74, 6) is 0. The molecule has 0 radical (unpaired) electrons. The SMILES string of the molecule is O=P(O)(O)OCN1C=CC=CC1. The normalized spacial score (nSPS) is 17.0. The lowest BCUT2D eigenvalue weighted by Crippen LogP contribution is -2.21. The Labute approximate surface area is 70.2 Å². The Morgan fingerprint density at radius 3 is 2.75 bits per heavy atom. The molecule has 0 bridgehead atoms. The summed E-state index contributed by atoms with van der Waals surface area (Å²) < 4.78 is 14.6. The molecule has 0 aromatic rings. The van der Waals surface area contributed by atoms with Crippen molar-refractivity contribution in [2.24, 2.45) is 0 Å². The first-order chi connectivity index (χ1) is 5.58. The van der Waals surface area contributed by atoms with E-state index in [2.05, 4.69) is 4.52 Å². The molecule has 68 valence electrons. The van der Waals surface area contributed by atoms with Crippen molar-refractivity contribution in [1.82, 2.24) is 4.90 Å². The highest BCUT2D eigenvalue weighted by Crippen LogP contribution is 2.35. The van der Waals surface area contributed by atoms with Gasteiger partial charge in [-0.1, -0.05) is 12.2 Å². The second-order valence-corrected chi connectivity index (χ2v) is 3.53. The molecule has 1 aliphatic heterocycles. The van der Waals surface area contributed by atoms with Crippen LogP contribution in [0, 0.1) is 0 Å². The quantitative estimate of drug-likeness (QED) is 0.633. The predicted octanol–water partition coefficient (Wildman–Crippen LogP) is 0.439. The molecule has 0 aliphatic carbocycles. The Bertz CT molecular complexity index is 244. The molecule has 5 nitrogen and oxygen atoms in total. The molecule has 0 aromatic carbocycles. The second-order valence-electron chi connectivity index (χ2n) is 2.29. The third-order valence-corrected chi connectivity index (χ3v) is 1.73. The number of phosphoric ester groups is 1. The van der Waals surface area contributed by atoms with Crippen molar-refractivity contribution in [1.29, 1.82) is 0 Å². The maximum Gasteiger partial charge on any atom is 0.471 e. The molecule has 1 heterocycles. The number of nitrogens with zero attached hydrogens (tertiary/aromatic N) is 1. The molecule has 0 unspecified atom stereocenters. The number of allylic oxidation sites excluding steroid dienone is 2. The summed E-state index contributed by atoms with van der Waals surface area (Å²) in [6, 6.07) is 0. The number of phosphoric acid groups is 1. The van der Waals surface area contributed by atoms with Crippen molar-refractivity contribution in [3.05, 3.63) is 24.4 Å². The Kier molecular flexibility index (Phi) is 3.05. The van der Waals surface area contributed by atoms with Crippen molar-refractivity contribution in [3.63, 3.8) is 0 Å². The van der Waals surface area contributed by atoms with Crippen molar-refractivity contribution in [3.8, 4) is 0 Å². The fourth-order valence-corrected chi connectivity index (χ4v) is 1.05. The Hall–Kier alpha value is -0.610. The van der Waals surface area contributed by atoms with Crippen LogP contribution in [0.1, 0.15) is 0 Å². The Morgan fingerprint density at radius 1 is 1.50 bits per heavy atom. The van der Waals surface area contributed by atoms with Gasteiger partial charge in [0.1, 0.15) is 6.73 Å². The summed E-state index contributed by atoms with van der Waals surface area (Å²) >= 11 is 0. The zero-order chi connectivity index (χ0) is 9.03. The van der Waals surface area contributed by atoms with Crippen LogP contribution in [0.25, 0.3) is 0 Å². The Balaban J connectivity index is 2.29. The van der Waals surface area contributed by atoms with Crippen LogP contribution >= 0.6 is 7.82 Å². The molecule has 1 aliphatic rings. The van der Waals surface area contributed by atoms with Gasteiger partial charge in [-0.15, -0.1) is 0 Å². The van der Waals surface area contributed by atoms with Gasteiger partial charge in [0.2, 0.25) is 0 Å². The van der Waals surface area contributed by atoms with E-state index in [-0.39, 0.29) is 6.73 Å². The van der Waals surface area contributed by atoms with Crippen molar-refractivity contribution in [2.45, 2.75) is 0 Å². The minimum absolute atomic E-state index is 0.0921. The minimum Gasteiger partial charge on any atom is -0.351 e. The van der Waals surface area contributed by atoms with Crippen molar-refractivity contribution < 1.29 is 18.9 Å². The summed E-state index contributed by atoms with van der Waals surface area (Å²) in [5.41, 5.74) is 0. The van der Waals surface area contributed by atoms with E-state index in [4.69, 9.17) is 9.79 Å². The highest BCUT2D eigenvalue weighted by Gasteiger charge is 2.14. The van der Waals surface area contributed by atoms with Crippen LogP contribution in [0.5, 0.6) is 0 Å². The largest absolute Gasteiger partial charge is 0.471 e. The van der Waals surface area contributed by atoms with Crippen LogP contribution in [0.4, 0.5) is 0 Å². The predicted molar refractivity (Wildman–Crippen MR) is 43.0 cm³/mol. The highest BCUT2D eigenvalue weighted by atomic mass is 31.2. The van der Waals surface area contributed by atoms with Crippen molar-refractivity contribution in [2.75, 3.05) is 13.3 Å². The van der Waals surface area contributed by atoms with Gasteiger partial charge in [0, 0.05) is 12.7 Å². The van der Waals surface area contributed by atoms with E-state index in [1.54, 1.807) is 17.2 Å². The minimum atomic E-state index is -4.33. The summed E-state index contributed by atoms with van der Waals surface area (Å²) in [6.45, 7) is 0.515. The lowest BCUT2D eigenvalue weighted by molar-refractivity contribution is 0.128. The molecule has 0 saturated heterocycles. The molecule has 2 N–H and O–H groups in total. The molecule has 0 aromatic heterocycles. The number of hydrogen-bond acceptors (Lipinski definition) is 3. The van der Waals surface area contributed by atoms with E-state index < -0.39 is 7.82 Å². The molecule has 0 atom stereocenters. The van der Waals surface area contributed by atoms with Gasteiger partial charge >= 0.3 is 7.82 Å². The third kappa shape index (κ3) is 3.69. The van der Waals surface area contributed by atoms with E-state index in [0.29, 0.717) is 6.54 Å². The summed E-state index contributed by atoms with van der Waals surface area (Å²) in [4.78, 5) is 18.4. The van der Waals surface area contributed by atoms with E-state index in [9.17, 15) is 4.57 Å². The van der Waals surface area contributed by atoms with E-state index in [0.717, 1.165) is 0 Å². The third-order valence-electron chi connectivity index (χ3n) is 1.28. The van der Waals surface area contributed by atoms with Gasteiger partial charge in [0.25, 0.3) is 0 Å². The second kappa shape index (κ2) is 3.87. The van der Waals surface area contributed by atoms with E-state index >= 15 is 0 Å². The lowest BCUT2D eigenvalue weighted by atomic mass is 10.4. The molecule has 1 rings (SSSR count). The van der Waals surface area contributed by atoms with Gasteiger partial charge in [-0.05, 0) is 6.08 Å². The van der Waals surface area contributed by atoms with Crippen LogP contribution < -0.4 is 0 Å². The zero-order valence-electron chi connectivity index (χ0n) is 6.33. The molecule has 0 spiro atoms. The molecule has 0 amide bonds. The topological polar surface area (TPSA) is 70.0 Å². The fourth-order valence-electron chi connectivity index (χ4n) is 0.752. The maximum atomic E-state index is 10.3. The fraction of sp³-hybridized carbons (Fsp3) is 0.333. The van der Waals surface area contributed by atoms with Crippen LogP contribution in [0.2, 0.25) is 0 Å². The molecule has 0 saturated carbocycles. The van der Waals surface area contributed by atoms with Gasteiger partial charge in [-0.3, -0.25) is 4.52 Å². The number of hydrogen-bond donors (Lipinski definition) is 2. The molecule has 12 heavy (non-hydrogen) atoms. The monoisotopic (exact) mass is 191 g/mol. The zero-order valence-corrected chi connectivity index (χ0v) is 7.22. The Morgan fingerprint density at radius 2 is 2.25 bits per heavy atom. The summed E-state index contributed by atoms with van der Waals surface area (Å²) in [7, 11) is -4.33. The molecule has 6 heteroatoms. The van der Waals surface area contributed by atoms with Crippen molar-refractivity contribution >= 4 is 7.82 Å². The van der Waals surface area contributed by atoms with E-state index in [1.165, 1.54) is 0 Å². The first kappa shape index (κ1) is 9.48. The van der Waals surface area contributed by atoms with Gasteiger partial charge in [-0.25, -0.2) is 4.57 Å². The smallest absolute Gasteiger partial charge is 0.351 e. The first-order valence-electron chi connectivity index (χ1n) is 3.35. The van der Waals surface area contributed by atoms with Crippen LogP contribution in [0.15, 0.2) is 24.4 Å². The maximum absolute atomic E-state index is 10.3. The van der Waals surface area contributed by atoms with Crippen LogP contribution in [-0.4, -0.2) is 28.0 Å². The van der Waals surface area contributed by atoms with Crippen LogP contribution in [-0.2, 0) is 9.09 Å². The van der Waals surface area contributed by atoms with Gasteiger partial charge < -0.3 is 14.7 Å². The first-order valence-corrected chi connectivity index (χ1v) is 4.88.